The van der Waals surface area contributed by atoms with E-state index >= 15 is 0 Å². The number of ether oxygens (including phenoxy) is 1. The van der Waals surface area contributed by atoms with E-state index in [-0.39, 0.29) is 5.91 Å². The van der Waals surface area contributed by atoms with Crippen molar-refractivity contribution in [3.63, 3.8) is 0 Å². The van der Waals surface area contributed by atoms with Gasteiger partial charge in [0.1, 0.15) is 11.6 Å². The van der Waals surface area contributed by atoms with Crippen LogP contribution in [0.4, 0.5) is 4.79 Å². The van der Waals surface area contributed by atoms with Crippen molar-refractivity contribution < 1.29 is 14.3 Å². The van der Waals surface area contributed by atoms with E-state index in [0.29, 0.717) is 13.1 Å². The quantitative estimate of drug-likeness (QED) is 0.793. The zero-order chi connectivity index (χ0) is 17.0. The summed E-state index contributed by atoms with van der Waals surface area (Å²) in [6.45, 7) is 12.7. The molecule has 2 aliphatic heterocycles. The van der Waals surface area contributed by atoms with Crippen LogP contribution in [0, 0.1) is 0 Å². The summed E-state index contributed by atoms with van der Waals surface area (Å²) in [5.74, 6) is 0.0310. The van der Waals surface area contributed by atoms with Gasteiger partial charge in [0.25, 0.3) is 0 Å². The van der Waals surface area contributed by atoms with Crippen molar-refractivity contribution >= 4 is 12.0 Å². The van der Waals surface area contributed by atoms with Crippen molar-refractivity contribution in [1.29, 1.82) is 0 Å². The lowest BCUT2D eigenvalue weighted by molar-refractivity contribution is -0.140. The Balaban J connectivity index is 1.79. The summed E-state index contributed by atoms with van der Waals surface area (Å²) in [7, 11) is 0. The first-order valence-corrected chi connectivity index (χ1v) is 8.79. The van der Waals surface area contributed by atoms with Gasteiger partial charge in [-0.3, -0.25) is 9.69 Å². The van der Waals surface area contributed by atoms with E-state index in [0.717, 1.165) is 19.5 Å². The Morgan fingerprint density at radius 1 is 1.13 bits per heavy atom. The van der Waals surface area contributed by atoms with Gasteiger partial charge in [-0.05, 0) is 66.6 Å². The number of hydrogen-bond donors (Lipinski definition) is 0. The molecule has 0 aliphatic carbocycles. The second-order valence-corrected chi connectivity index (χ2v) is 7.58. The van der Waals surface area contributed by atoms with Crippen LogP contribution in [0.25, 0.3) is 0 Å². The molecule has 2 heterocycles. The first kappa shape index (κ1) is 18.0. The highest BCUT2D eigenvalue weighted by Gasteiger charge is 2.36. The zero-order valence-corrected chi connectivity index (χ0v) is 15.0. The Bertz CT molecular complexity index is 427. The molecule has 1 atom stereocenters. The predicted octanol–water partition coefficient (Wildman–Crippen LogP) is 1.94. The molecular formula is C17H31N3O3. The summed E-state index contributed by atoms with van der Waals surface area (Å²) in [6, 6.07) is -0.439. The minimum Gasteiger partial charge on any atom is -0.444 e. The van der Waals surface area contributed by atoms with Gasteiger partial charge in [0.05, 0.1) is 0 Å². The summed E-state index contributed by atoms with van der Waals surface area (Å²) in [4.78, 5) is 30.6. The van der Waals surface area contributed by atoms with Crippen LogP contribution in [0.1, 0.15) is 47.0 Å². The number of carbonyl (C=O) groups excluding carboxylic acids is 2. The lowest BCUT2D eigenvalue weighted by Crippen LogP contribution is -2.58. The molecule has 1 unspecified atom stereocenters. The highest BCUT2D eigenvalue weighted by atomic mass is 16.6. The third kappa shape index (κ3) is 5.09. The van der Waals surface area contributed by atoms with Gasteiger partial charge in [0.15, 0.2) is 0 Å². The van der Waals surface area contributed by atoms with E-state index in [2.05, 4.69) is 4.90 Å². The van der Waals surface area contributed by atoms with Crippen LogP contribution in [0.5, 0.6) is 0 Å². The Hall–Kier alpha value is -1.30. The molecule has 2 fully saturated rings. The van der Waals surface area contributed by atoms with Crippen LogP contribution in [0.3, 0.4) is 0 Å². The molecule has 2 amide bonds. The van der Waals surface area contributed by atoms with Gasteiger partial charge < -0.3 is 14.5 Å². The molecule has 0 saturated carbocycles. The van der Waals surface area contributed by atoms with E-state index < -0.39 is 17.7 Å². The van der Waals surface area contributed by atoms with Crippen LogP contribution < -0.4 is 0 Å². The first-order chi connectivity index (χ1) is 10.8. The van der Waals surface area contributed by atoms with Crippen molar-refractivity contribution in [2.75, 3.05) is 39.3 Å². The molecule has 0 aromatic carbocycles. The number of amides is 2. The molecule has 0 aromatic heterocycles. The SMILES string of the molecule is CC1C(=O)N(CCCN2CCCC2)CCN1C(=O)OC(C)(C)C. The maximum Gasteiger partial charge on any atom is 0.411 e. The summed E-state index contributed by atoms with van der Waals surface area (Å²) >= 11 is 0. The molecule has 2 aliphatic rings. The minimum absolute atomic E-state index is 0.0310. The third-order valence-corrected chi connectivity index (χ3v) is 4.48. The average molecular weight is 325 g/mol. The van der Waals surface area contributed by atoms with E-state index in [1.807, 2.05) is 25.7 Å². The zero-order valence-electron chi connectivity index (χ0n) is 15.0. The van der Waals surface area contributed by atoms with E-state index in [9.17, 15) is 9.59 Å². The Labute approximate surface area is 139 Å². The topological polar surface area (TPSA) is 53.1 Å². The molecule has 0 spiro atoms. The number of rotatable bonds is 4. The van der Waals surface area contributed by atoms with E-state index in [4.69, 9.17) is 4.74 Å². The Morgan fingerprint density at radius 3 is 2.39 bits per heavy atom. The summed E-state index contributed by atoms with van der Waals surface area (Å²) in [5, 5.41) is 0. The molecule has 132 valence electrons. The average Bonchev–Trinajstić information content (AvgIpc) is 2.95. The van der Waals surface area contributed by atoms with Crippen LogP contribution >= 0.6 is 0 Å². The van der Waals surface area contributed by atoms with Crippen molar-refractivity contribution in [1.82, 2.24) is 14.7 Å². The summed E-state index contributed by atoms with van der Waals surface area (Å²) < 4.78 is 5.39. The number of carbonyl (C=O) groups is 2. The Morgan fingerprint density at radius 2 is 1.78 bits per heavy atom. The summed E-state index contributed by atoms with van der Waals surface area (Å²) in [6.07, 6.45) is 3.20. The van der Waals surface area contributed by atoms with Crippen LogP contribution in [0.15, 0.2) is 0 Å². The van der Waals surface area contributed by atoms with Gasteiger partial charge in [-0.1, -0.05) is 0 Å². The van der Waals surface area contributed by atoms with Gasteiger partial charge in [-0.15, -0.1) is 0 Å². The number of likely N-dealkylation sites (tertiary alicyclic amines) is 1. The number of hydrogen-bond acceptors (Lipinski definition) is 4. The molecular weight excluding hydrogens is 294 g/mol. The van der Waals surface area contributed by atoms with Crippen LogP contribution in [-0.4, -0.2) is 77.6 Å². The number of nitrogens with zero attached hydrogens (tertiary/aromatic N) is 3. The monoisotopic (exact) mass is 325 g/mol. The van der Waals surface area contributed by atoms with Gasteiger partial charge in [-0.25, -0.2) is 4.79 Å². The molecule has 0 radical (unpaired) electrons. The first-order valence-electron chi connectivity index (χ1n) is 8.79. The normalized spacial score (nSPS) is 23.5. The molecule has 0 N–H and O–H groups in total. The maximum atomic E-state index is 12.5. The fraction of sp³-hybridized carbons (Fsp3) is 0.882. The molecule has 6 nitrogen and oxygen atoms in total. The van der Waals surface area contributed by atoms with Crippen molar-refractivity contribution in [2.45, 2.75) is 58.6 Å². The maximum absolute atomic E-state index is 12.5. The van der Waals surface area contributed by atoms with Crippen LogP contribution in [0.2, 0.25) is 0 Å². The van der Waals surface area contributed by atoms with Gasteiger partial charge in [-0.2, -0.15) is 0 Å². The van der Waals surface area contributed by atoms with E-state index in [1.165, 1.54) is 25.9 Å². The molecule has 2 rings (SSSR count). The molecule has 6 heteroatoms. The second kappa shape index (κ2) is 7.51. The number of piperazine rings is 1. The second-order valence-electron chi connectivity index (χ2n) is 7.58. The molecule has 23 heavy (non-hydrogen) atoms. The van der Waals surface area contributed by atoms with Gasteiger partial charge in [0, 0.05) is 19.6 Å². The van der Waals surface area contributed by atoms with Crippen molar-refractivity contribution in [2.24, 2.45) is 0 Å². The third-order valence-electron chi connectivity index (χ3n) is 4.48. The fourth-order valence-electron chi connectivity index (χ4n) is 3.21. The predicted molar refractivity (Wildman–Crippen MR) is 89.3 cm³/mol. The molecule has 0 aromatic rings. The molecule has 2 saturated heterocycles. The standard InChI is InChI=1S/C17H31N3O3/c1-14-15(21)19(11-7-10-18-8-5-6-9-18)12-13-20(14)16(22)23-17(2,3)4/h14H,5-13H2,1-4H3. The highest BCUT2D eigenvalue weighted by molar-refractivity contribution is 5.86. The lowest BCUT2D eigenvalue weighted by atomic mass is 10.1. The smallest absolute Gasteiger partial charge is 0.411 e. The lowest BCUT2D eigenvalue weighted by Gasteiger charge is -2.39. The van der Waals surface area contributed by atoms with Crippen molar-refractivity contribution in [3.05, 3.63) is 0 Å². The Kier molecular flexibility index (Phi) is 5.89. The van der Waals surface area contributed by atoms with Gasteiger partial charge in [0.2, 0.25) is 5.91 Å². The van der Waals surface area contributed by atoms with E-state index in [1.54, 1.807) is 11.8 Å². The van der Waals surface area contributed by atoms with Crippen LogP contribution in [-0.2, 0) is 9.53 Å². The minimum atomic E-state index is -0.535. The summed E-state index contributed by atoms with van der Waals surface area (Å²) in [5.41, 5.74) is -0.535. The van der Waals surface area contributed by atoms with Gasteiger partial charge >= 0.3 is 6.09 Å². The highest BCUT2D eigenvalue weighted by Crippen LogP contribution is 2.17. The van der Waals surface area contributed by atoms with Crippen molar-refractivity contribution in [3.8, 4) is 0 Å². The largest absolute Gasteiger partial charge is 0.444 e. The fourth-order valence-corrected chi connectivity index (χ4v) is 3.21. The molecule has 0 bridgehead atoms.